The largest absolute Gasteiger partial charge is 0.349 e. The number of carbonyl (C=O) groups excluding carboxylic acids is 1. The Morgan fingerprint density at radius 1 is 2.00 bits per heavy atom. The second-order valence-electron chi connectivity index (χ2n) is 1.86. The van der Waals surface area contributed by atoms with Crippen molar-refractivity contribution in [1.82, 2.24) is 4.90 Å². The van der Waals surface area contributed by atoms with Gasteiger partial charge in [0.25, 0.3) is 5.91 Å². The average Bonchev–Trinajstić information content (AvgIpc) is 2.17. The Hall–Kier alpha value is -1.12. The van der Waals surface area contributed by atoms with Crippen molar-refractivity contribution in [2.24, 2.45) is 4.99 Å². The first-order chi connectivity index (χ1) is 4.33. The van der Waals surface area contributed by atoms with Crippen LogP contribution in [0.4, 0.5) is 0 Å². The van der Waals surface area contributed by atoms with E-state index in [1.807, 2.05) is 0 Å². The normalized spacial score (nSPS) is 16.9. The smallest absolute Gasteiger partial charge is 0.266 e. The van der Waals surface area contributed by atoms with E-state index in [0.717, 1.165) is 0 Å². The van der Waals surface area contributed by atoms with Crippen LogP contribution < -0.4 is 0 Å². The first kappa shape index (κ1) is 6.01. The van der Waals surface area contributed by atoms with E-state index in [4.69, 9.17) is 0 Å². The van der Waals surface area contributed by atoms with Crippen molar-refractivity contribution in [1.29, 1.82) is 0 Å². The molecule has 0 N–H and O–H groups in total. The van der Waals surface area contributed by atoms with Gasteiger partial charge in [0.2, 0.25) is 0 Å². The van der Waals surface area contributed by atoms with Gasteiger partial charge in [-0.05, 0) is 0 Å². The molecule has 0 aromatic carbocycles. The molecule has 0 bridgehead atoms. The zero-order valence-electron chi connectivity index (χ0n) is 5.08. The number of hydrogen-bond donors (Lipinski definition) is 0. The predicted octanol–water partition coefficient (Wildman–Crippen LogP) is 0.0429. The molecule has 0 fully saturated rings. The Morgan fingerprint density at radius 2 is 2.78 bits per heavy atom. The van der Waals surface area contributed by atoms with E-state index in [1.54, 1.807) is 17.3 Å². The number of nitrogens with zero attached hydrogens (tertiary/aromatic N) is 2. The molecule has 1 amide bonds. The van der Waals surface area contributed by atoms with Crippen LogP contribution in [0.3, 0.4) is 0 Å². The summed E-state index contributed by atoms with van der Waals surface area (Å²) < 4.78 is 0. The van der Waals surface area contributed by atoms with Crippen molar-refractivity contribution < 1.29 is 4.79 Å². The topological polar surface area (TPSA) is 32.7 Å². The average molecular weight is 124 g/mol. The molecule has 0 atom stereocenters. The van der Waals surface area contributed by atoms with Gasteiger partial charge in [-0.15, -0.1) is 6.58 Å². The maximum atomic E-state index is 10.5. The molecule has 1 aliphatic heterocycles. The van der Waals surface area contributed by atoms with Crippen molar-refractivity contribution >= 4 is 12.2 Å². The molecule has 1 heterocycles. The quantitative estimate of drug-likeness (QED) is 0.487. The molecule has 0 saturated heterocycles. The van der Waals surface area contributed by atoms with E-state index in [0.29, 0.717) is 13.1 Å². The molecule has 0 aromatic heterocycles. The van der Waals surface area contributed by atoms with Gasteiger partial charge >= 0.3 is 0 Å². The lowest BCUT2D eigenvalue weighted by atomic mass is 10.5. The molecular formula is C6H8N2O. The van der Waals surface area contributed by atoms with Gasteiger partial charge in [0.15, 0.2) is 0 Å². The maximum Gasteiger partial charge on any atom is 0.266 e. The zero-order chi connectivity index (χ0) is 6.69. The zero-order valence-corrected chi connectivity index (χ0v) is 5.08. The number of amides is 1. The molecule has 0 unspecified atom stereocenters. The lowest BCUT2D eigenvalue weighted by Gasteiger charge is -2.06. The van der Waals surface area contributed by atoms with Gasteiger partial charge in [0.1, 0.15) is 6.54 Å². The highest BCUT2D eigenvalue weighted by Crippen LogP contribution is 1.93. The van der Waals surface area contributed by atoms with Gasteiger partial charge in [0, 0.05) is 6.54 Å². The standard InChI is InChI=1S/C6H8N2O/c1-2-3-8-4-6(9)7-5-8/h2,5H,1,3-4H2. The van der Waals surface area contributed by atoms with Gasteiger partial charge in [-0.2, -0.15) is 0 Å². The third kappa shape index (κ3) is 1.38. The number of carbonyl (C=O) groups is 1. The molecule has 0 aromatic rings. The summed E-state index contributed by atoms with van der Waals surface area (Å²) in [6, 6.07) is 0. The van der Waals surface area contributed by atoms with Gasteiger partial charge in [-0.3, -0.25) is 4.79 Å². The Labute approximate surface area is 53.7 Å². The van der Waals surface area contributed by atoms with Crippen LogP contribution in [0.1, 0.15) is 0 Å². The first-order valence-corrected chi connectivity index (χ1v) is 2.75. The molecule has 9 heavy (non-hydrogen) atoms. The number of aliphatic imine (C=N–C) groups is 1. The van der Waals surface area contributed by atoms with Crippen LogP contribution in [0.25, 0.3) is 0 Å². The highest BCUT2D eigenvalue weighted by atomic mass is 16.1. The minimum Gasteiger partial charge on any atom is -0.349 e. The summed E-state index contributed by atoms with van der Waals surface area (Å²) in [5, 5.41) is 0. The second kappa shape index (κ2) is 2.44. The van der Waals surface area contributed by atoms with Crippen molar-refractivity contribution in [3.05, 3.63) is 12.7 Å². The third-order valence-corrected chi connectivity index (χ3v) is 1.07. The van der Waals surface area contributed by atoms with Gasteiger partial charge < -0.3 is 4.90 Å². The molecule has 1 rings (SSSR count). The van der Waals surface area contributed by atoms with E-state index in [-0.39, 0.29) is 5.91 Å². The second-order valence-corrected chi connectivity index (χ2v) is 1.86. The highest BCUT2D eigenvalue weighted by Gasteiger charge is 2.10. The monoisotopic (exact) mass is 124 g/mol. The molecule has 3 heteroatoms. The molecule has 0 aliphatic carbocycles. The van der Waals surface area contributed by atoms with Crippen molar-refractivity contribution in [3.63, 3.8) is 0 Å². The summed E-state index contributed by atoms with van der Waals surface area (Å²) in [5.74, 6) is -0.0724. The lowest BCUT2D eigenvalue weighted by Crippen LogP contribution is -2.20. The lowest BCUT2D eigenvalue weighted by molar-refractivity contribution is -0.117. The van der Waals surface area contributed by atoms with Crippen LogP contribution >= 0.6 is 0 Å². The molecular weight excluding hydrogens is 116 g/mol. The molecule has 48 valence electrons. The molecule has 3 nitrogen and oxygen atoms in total. The van der Waals surface area contributed by atoms with Crippen molar-refractivity contribution in [2.75, 3.05) is 13.1 Å². The summed E-state index contributed by atoms with van der Waals surface area (Å²) in [6.07, 6.45) is 3.29. The Morgan fingerprint density at radius 3 is 3.22 bits per heavy atom. The van der Waals surface area contributed by atoms with E-state index in [9.17, 15) is 4.79 Å². The van der Waals surface area contributed by atoms with E-state index < -0.39 is 0 Å². The summed E-state index contributed by atoms with van der Waals surface area (Å²) in [7, 11) is 0. The van der Waals surface area contributed by atoms with Gasteiger partial charge in [-0.1, -0.05) is 6.08 Å². The fourth-order valence-corrected chi connectivity index (χ4v) is 0.679. The third-order valence-electron chi connectivity index (χ3n) is 1.07. The first-order valence-electron chi connectivity index (χ1n) is 2.75. The van der Waals surface area contributed by atoms with Gasteiger partial charge in [0.05, 0.1) is 6.34 Å². The fourth-order valence-electron chi connectivity index (χ4n) is 0.679. The predicted molar refractivity (Wildman–Crippen MR) is 35.3 cm³/mol. The Balaban J connectivity index is 2.40. The molecule has 0 radical (unpaired) electrons. The summed E-state index contributed by atoms with van der Waals surface area (Å²) in [5.41, 5.74) is 0. The maximum absolute atomic E-state index is 10.5. The van der Waals surface area contributed by atoms with Crippen molar-refractivity contribution in [3.8, 4) is 0 Å². The minimum absolute atomic E-state index is 0.0724. The van der Waals surface area contributed by atoms with Crippen molar-refractivity contribution in [2.45, 2.75) is 0 Å². The summed E-state index contributed by atoms with van der Waals surface area (Å²) in [4.78, 5) is 15.8. The molecule has 1 aliphatic rings. The van der Waals surface area contributed by atoms with E-state index in [1.165, 1.54) is 0 Å². The van der Waals surface area contributed by atoms with Crippen LogP contribution in [-0.2, 0) is 4.79 Å². The van der Waals surface area contributed by atoms with E-state index in [2.05, 4.69) is 11.6 Å². The number of rotatable bonds is 2. The SMILES string of the molecule is C=CCN1C=NC(=O)C1. The van der Waals surface area contributed by atoms with E-state index >= 15 is 0 Å². The highest BCUT2D eigenvalue weighted by molar-refractivity contribution is 5.91. The Kier molecular flexibility index (Phi) is 1.63. The van der Waals surface area contributed by atoms with Gasteiger partial charge in [-0.25, -0.2) is 4.99 Å². The van der Waals surface area contributed by atoms with Crippen LogP contribution in [0.15, 0.2) is 17.6 Å². The van der Waals surface area contributed by atoms with Crippen LogP contribution in [0.5, 0.6) is 0 Å². The number of hydrogen-bond acceptors (Lipinski definition) is 2. The summed E-state index contributed by atoms with van der Waals surface area (Å²) >= 11 is 0. The minimum atomic E-state index is -0.0724. The molecule has 0 spiro atoms. The molecule has 0 saturated carbocycles. The van der Waals surface area contributed by atoms with Crippen LogP contribution in [0.2, 0.25) is 0 Å². The van der Waals surface area contributed by atoms with Crippen LogP contribution in [-0.4, -0.2) is 30.2 Å². The fraction of sp³-hybridized carbons (Fsp3) is 0.333. The Bertz CT molecular complexity index is 162. The summed E-state index contributed by atoms with van der Waals surface area (Å²) in [6.45, 7) is 4.65. The van der Waals surface area contributed by atoms with Crippen LogP contribution in [0, 0.1) is 0 Å².